The maximum absolute atomic E-state index is 12.1. The van der Waals surface area contributed by atoms with Crippen LogP contribution in [0.4, 0.5) is 0 Å². The lowest BCUT2D eigenvalue weighted by molar-refractivity contribution is 0.0921. The van der Waals surface area contributed by atoms with Crippen molar-refractivity contribution < 1.29 is 22.4 Å². The molecular weight excluding hydrogens is 318 g/mol. The van der Waals surface area contributed by atoms with E-state index >= 15 is 0 Å². The average molecular weight is 337 g/mol. The minimum atomic E-state index is -3.20. The summed E-state index contributed by atoms with van der Waals surface area (Å²) in [6.07, 6.45) is 1.11. The van der Waals surface area contributed by atoms with Crippen LogP contribution in [-0.2, 0) is 22.1 Å². The summed E-state index contributed by atoms with van der Waals surface area (Å²) in [6.45, 7) is 2.72. The van der Waals surface area contributed by atoms with E-state index in [0.29, 0.717) is 12.4 Å². The number of sulfone groups is 1. The molecule has 1 N–H and O–H groups in total. The molecule has 0 bridgehead atoms. The third kappa shape index (κ3) is 5.14. The van der Waals surface area contributed by atoms with Gasteiger partial charge in [0.15, 0.2) is 15.6 Å². The van der Waals surface area contributed by atoms with Crippen molar-refractivity contribution in [3.63, 3.8) is 0 Å². The second kappa shape index (κ2) is 7.32. The van der Waals surface area contributed by atoms with Crippen LogP contribution in [0.5, 0.6) is 5.75 Å². The molecule has 1 amide bonds. The van der Waals surface area contributed by atoms with Gasteiger partial charge in [0.25, 0.3) is 5.91 Å². The molecule has 0 aliphatic carbocycles. The van der Waals surface area contributed by atoms with E-state index in [1.54, 1.807) is 0 Å². The van der Waals surface area contributed by atoms with Crippen molar-refractivity contribution in [3.05, 3.63) is 53.5 Å². The van der Waals surface area contributed by atoms with Crippen molar-refractivity contribution in [1.29, 1.82) is 0 Å². The zero-order chi connectivity index (χ0) is 16.9. The molecule has 2 rings (SSSR count). The van der Waals surface area contributed by atoms with E-state index in [1.807, 2.05) is 31.2 Å². The maximum atomic E-state index is 12.1. The fourth-order valence-corrected chi connectivity index (χ4v) is 2.72. The number of carbonyl (C=O) groups excluding carboxylic acids is 1. The number of rotatable bonds is 7. The zero-order valence-electron chi connectivity index (χ0n) is 13.0. The smallest absolute Gasteiger partial charge is 0.287 e. The van der Waals surface area contributed by atoms with Gasteiger partial charge in [-0.2, -0.15) is 0 Å². The molecule has 6 nitrogen and oxygen atoms in total. The highest BCUT2D eigenvalue weighted by atomic mass is 32.2. The van der Waals surface area contributed by atoms with Crippen LogP contribution in [0, 0.1) is 0 Å². The number of nitrogens with one attached hydrogen (secondary N) is 1. The van der Waals surface area contributed by atoms with Gasteiger partial charge in [-0.25, -0.2) is 8.42 Å². The molecule has 0 atom stereocenters. The SMILES string of the molecule is CCOc1ccccc1CNC(=O)c1ccc(CS(C)(=O)=O)o1. The summed E-state index contributed by atoms with van der Waals surface area (Å²) in [4.78, 5) is 12.1. The Balaban J connectivity index is 2.00. The summed E-state index contributed by atoms with van der Waals surface area (Å²) >= 11 is 0. The van der Waals surface area contributed by atoms with Crippen molar-refractivity contribution in [3.8, 4) is 5.75 Å². The summed E-state index contributed by atoms with van der Waals surface area (Å²) in [5, 5.41) is 2.73. The van der Waals surface area contributed by atoms with Gasteiger partial charge in [0.2, 0.25) is 0 Å². The van der Waals surface area contributed by atoms with E-state index < -0.39 is 15.7 Å². The topological polar surface area (TPSA) is 85.6 Å². The van der Waals surface area contributed by atoms with Gasteiger partial charge in [0, 0.05) is 18.4 Å². The number of furan rings is 1. The van der Waals surface area contributed by atoms with Crippen molar-refractivity contribution >= 4 is 15.7 Å². The Bertz CT molecular complexity index is 779. The van der Waals surface area contributed by atoms with E-state index in [2.05, 4.69) is 5.32 Å². The van der Waals surface area contributed by atoms with Gasteiger partial charge in [-0.15, -0.1) is 0 Å². The number of carbonyl (C=O) groups is 1. The lowest BCUT2D eigenvalue weighted by Crippen LogP contribution is -2.22. The molecule has 0 fully saturated rings. The molecule has 0 aliphatic heterocycles. The monoisotopic (exact) mass is 337 g/mol. The molecule has 0 aliphatic rings. The molecule has 0 radical (unpaired) electrons. The van der Waals surface area contributed by atoms with Crippen LogP contribution >= 0.6 is 0 Å². The minimum absolute atomic E-state index is 0.0811. The van der Waals surface area contributed by atoms with Crippen LogP contribution in [0.15, 0.2) is 40.8 Å². The van der Waals surface area contributed by atoms with E-state index in [0.717, 1.165) is 11.8 Å². The predicted molar refractivity (Wildman–Crippen MR) is 86.0 cm³/mol. The number of hydrogen-bond acceptors (Lipinski definition) is 5. The molecule has 2 aromatic rings. The molecule has 1 aromatic carbocycles. The maximum Gasteiger partial charge on any atom is 0.287 e. The molecular formula is C16H19NO5S. The summed E-state index contributed by atoms with van der Waals surface area (Å²) < 4.78 is 33.2. The second-order valence-corrected chi connectivity index (χ2v) is 7.20. The largest absolute Gasteiger partial charge is 0.494 e. The van der Waals surface area contributed by atoms with Gasteiger partial charge >= 0.3 is 0 Å². The van der Waals surface area contributed by atoms with Gasteiger partial charge in [0.05, 0.1) is 6.61 Å². The van der Waals surface area contributed by atoms with E-state index in [-0.39, 0.29) is 23.8 Å². The Hall–Kier alpha value is -2.28. The zero-order valence-corrected chi connectivity index (χ0v) is 13.9. The Morgan fingerprint density at radius 3 is 2.65 bits per heavy atom. The first kappa shape index (κ1) is 17.1. The van der Waals surface area contributed by atoms with E-state index in [4.69, 9.17) is 9.15 Å². The molecule has 7 heteroatoms. The van der Waals surface area contributed by atoms with Crippen molar-refractivity contribution in [2.24, 2.45) is 0 Å². The Labute approximate surface area is 135 Å². The highest BCUT2D eigenvalue weighted by Crippen LogP contribution is 2.18. The normalized spacial score (nSPS) is 11.2. The second-order valence-electron chi connectivity index (χ2n) is 5.06. The fourth-order valence-electron chi connectivity index (χ4n) is 2.04. The van der Waals surface area contributed by atoms with Crippen molar-refractivity contribution in [2.45, 2.75) is 19.2 Å². The van der Waals surface area contributed by atoms with Crippen LogP contribution in [0.3, 0.4) is 0 Å². The molecule has 0 unspecified atom stereocenters. The first-order valence-electron chi connectivity index (χ1n) is 7.14. The third-order valence-electron chi connectivity index (χ3n) is 3.00. The van der Waals surface area contributed by atoms with Crippen LogP contribution < -0.4 is 10.1 Å². The molecule has 0 spiro atoms. The third-order valence-corrected chi connectivity index (χ3v) is 3.81. The van der Waals surface area contributed by atoms with Gasteiger partial charge in [0.1, 0.15) is 17.3 Å². The molecule has 23 heavy (non-hydrogen) atoms. The quantitative estimate of drug-likeness (QED) is 0.837. The molecule has 1 heterocycles. The van der Waals surface area contributed by atoms with Crippen LogP contribution in [0.25, 0.3) is 0 Å². The lowest BCUT2D eigenvalue weighted by atomic mass is 10.2. The number of para-hydroxylation sites is 1. The highest BCUT2D eigenvalue weighted by molar-refractivity contribution is 7.89. The number of ether oxygens (including phenoxy) is 1. The van der Waals surface area contributed by atoms with E-state index in [1.165, 1.54) is 12.1 Å². The minimum Gasteiger partial charge on any atom is -0.494 e. The van der Waals surface area contributed by atoms with E-state index in [9.17, 15) is 13.2 Å². The van der Waals surface area contributed by atoms with Crippen molar-refractivity contribution in [2.75, 3.05) is 12.9 Å². The van der Waals surface area contributed by atoms with Gasteiger partial charge in [-0.3, -0.25) is 4.79 Å². The first-order valence-corrected chi connectivity index (χ1v) is 9.20. The Morgan fingerprint density at radius 1 is 1.22 bits per heavy atom. The predicted octanol–water partition coefficient (Wildman–Crippen LogP) is 2.15. The van der Waals surface area contributed by atoms with Gasteiger partial charge in [-0.05, 0) is 25.1 Å². The average Bonchev–Trinajstić information content (AvgIpc) is 2.93. The summed E-state index contributed by atoms with van der Waals surface area (Å²) in [7, 11) is -3.20. The van der Waals surface area contributed by atoms with Crippen LogP contribution in [0.2, 0.25) is 0 Å². The lowest BCUT2D eigenvalue weighted by Gasteiger charge is -2.10. The standard InChI is InChI=1S/C16H19NO5S/c1-3-21-14-7-5-4-6-12(14)10-17-16(18)15-9-8-13(22-15)11-23(2,19)20/h4-9H,3,10-11H2,1-2H3,(H,17,18). The molecule has 0 saturated carbocycles. The summed E-state index contributed by atoms with van der Waals surface area (Å²) in [6, 6.07) is 10.4. The fraction of sp³-hybridized carbons (Fsp3) is 0.312. The van der Waals surface area contributed by atoms with Gasteiger partial charge in [-0.1, -0.05) is 18.2 Å². The van der Waals surface area contributed by atoms with Crippen LogP contribution in [-0.4, -0.2) is 27.2 Å². The molecule has 0 saturated heterocycles. The summed E-state index contributed by atoms with van der Waals surface area (Å²) in [5.74, 6) is 0.404. The summed E-state index contributed by atoms with van der Waals surface area (Å²) in [5.41, 5.74) is 0.852. The number of benzene rings is 1. The highest BCUT2D eigenvalue weighted by Gasteiger charge is 2.14. The van der Waals surface area contributed by atoms with Gasteiger partial charge < -0.3 is 14.5 Å². The number of hydrogen-bond donors (Lipinski definition) is 1. The molecule has 1 aromatic heterocycles. The molecule has 124 valence electrons. The van der Waals surface area contributed by atoms with Crippen LogP contribution in [0.1, 0.15) is 28.8 Å². The Kier molecular flexibility index (Phi) is 5.44. The Morgan fingerprint density at radius 2 is 1.96 bits per heavy atom. The number of amides is 1. The first-order chi connectivity index (χ1) is 10.9. The van der Waals surface area contributed by atoms with Crippen molar-refractivity contribution in [1.82, 2.24) is 5.32 Å².